The van der Waals surface area contributed by atoms with E-state index >= 15 is 0 Å². The summed E-state index contributed by atoms with van der Waals surface area (Å²) in [5, 5.41) is 3.97. The summed E-state index contributed by atoms with van der Waals surface area (Å²) in [6.45, 7) is 6.30. The lowest BCUT2D eigenvalue weighted by molar-refractivity contribution is 0.131. The normalized spacial score (nSPS) is 21.5. The van der Waals surface area contributed by atoms with Crippen LogP contribution in [0.15, 0.2) is 29.0 Å². The molecule has 2 aliphatic heterocycles. The van der Waals surface area contributed by atoms with Crippen LogP contribution < -0.4 is 20.3 Å². The predicted molar refractivity (Wildman–Crippen MR) is 130 cm³/mol. The van der Waals surface area contributed by atoms with Crippen LogP contribution in [-0.2, 0) is 6.42 Å². The van der Waals surface area contributed by atoms with Gasteiger partial charge in [-0.3, -0.25) is 0 Å². The monoisotopic (exact) mass is 517 g/mol. The van der Waals surface area contributed by atoms with Gasteiger partial charge in [-0.25, -0.2) is 23.1 Å². The zero-order valence-electron chi connectivity index (χ0n) is 20.8. The molecule has 0 aliphatic carbocycles. The van der Waals surface area contributed by atoms with Gasteiger partial charge in [-0.05, 0) is 37.3 Å². The van der Waals surface area contributed by atoms with Gasteiger partial charge in [-0.15, -0.1) is 0 Å². The van der Waals surface area contributed by atoms with Gasteiger partial charge in [0.25, 0.3) is 0 Å². The van der Waals surface area contributed by atoms with Gasteiger partial charge in [0.15, 0.2) is 23.2 Å². The molecule has 198 valence electrons. The number of ether oxygens (including phenoxy) is 1. The Hall–Kier alpha value is -3.41. The van der Waals surface area contributed by atoms with Gasteiger partial charge in [0.05, 0.1) is 18.5 Å². The summed E-state index contributed by atoms with van der Waals surface area (Å²) < 4.78 is 52.8. The lowest BCUT2D eigenvalue weighted by atomic mass is 9.92. The lowest BCUT2D eigenvalue weighted by Gasteiger charge is -2.33. The average Bonchev–Trinajstić information content (AvgIpc) is 3.54. The molecule has 2 aromatic heterocycles. The van der Waals surface area contributed by atoms with Crippen molar-refractivity contribution in [3.8, 4) is 5.75 Å². The Bertz CT molecular complexity index is 1220. The zero-order chi connectivity index (χ0) is 26.1. The zero-order valence-corrected chi connectivity index (χ0v) is 20.8. The van der Waals surface area contributed by atoms with Crippen LogP contribution in [0.3, 0.4) is 0 Å². The standard InChI is InChI=1S/C25H30F3N7O2/c1-3-23-32-25(37-33-23)34-6-4-15(5-7-34)14(2)36-16-10-30-24(31-11-16)35-12-18(22(29)13-35)17-8-20(27)21(28)9-19(17)26/h8-11,14-15,18,22H,3-7,12-13,29H2,1-2H3/t14-,18?,22-/m0/s1. The van der Waals surface area contributed by atoms with Gasteiger partial charge in [0.1, 0.15) is 5.82 Å². The number of rotatable bonds is 7. The number of anilines is 2. The van der Waals surface area contributed by atoms with Gasteiger partial charge in [-0.2, -0.15) is 4.98 Å². The van der Waals surface area contributed by atoms with E-state index in [1.54, 1.807) is 17.3 Å². The van der Waals surface area contributed by atoms with Crippen LogP contribution in [0.1, 0.15) is 44.0 Å². The molecule has 1 aromatic carbocycles. The molecule has 4 heterocycles. The first-order valence-corrected chi connectivity index (χ1v) is 12.5. The fraction of sp³-hybridized carbons (Fsp3) is 0.520. The van der Waals surface area contributed by atoms with E-state index in [1.807, 2.05) is 13.8 Å². The second-order valence-electron chi connectivity index (χ2n) is 9.68. The molecular formula is C25H30F3N7O2. The number of nitrogens with two attached hydrogens (primary N) is 1. The van der Waals surface area contributed by atoms with Gasteiger partial charge >= 0.3 is 6.01 Å². The number of benzene rings is 1. The van der Waals surface area contributed by atoms with Crippen molar-refractivity contribution in [3.63, 3.8) is 0 Å². The van der Waals surface area contributed by atoms with Crippen LogP contribution in [-0.4, -0.2) is 58.4 Å². The third-order valence-electron chi connectivity index (χ3n) is 7.27. The van der Waals surface area contributed by atoms with E-state index < -0.39 is 29.4 Å². The van der Waals surface area contributed by atoms with Crippen LogP contribution in [0.25, 0.3) is 0 Å². The number of hydrogen-bond acceptors (Lipinski definition) is 9. The van der Waals surface area contributed by atoms with Crippen LogP contribution in [0, 0.1) is 23.4 Å². The summed E-state index contributed by atoms with van der Waals surface area (Å²) in [4.78, 5) is 17.1. The smallest absolute Gasteiger partial charge is 0.324 e. The van der Waals surface area contributed by atoms with Crippen LogP contribution in [0.5, 0.6) is 5.75 Å². The molecule has 12 heteroatoms. The van der Waals surface area contributed by atoms with E-state index in [0.717, 1.165) is 38.4 Å². The van der Waals surface area contributed by atoms with Crippen molar-refractivity contribution in [2.45, 2.75) is 51.2 Å². The molecule has 0 radical (unpaired) electrons. The highest BCUT2D eigenvalue weighted by Crippen LogP contribution is 2.32. The van der Waals surface area contributed by atoms with E-state index in [-0.39, 0.29) is 18.2 Å². The van der Waals surface area contributed by atoms with Gasteiger partial charge in [0, 0.05) is 50.6 Å². The van der Waals surface area contributed by atoms with Crippen molar-refractivity contribution in [1.29, 1.82) is 0 Å². The molecule has 37 heavy (non-hydrogen) atoms. The Kier molecular flexibility index (Phi) is 7.18. The molecule has 0 spiro atoms. The highest BCUT2D eigenvalue weighted by molar-refractivity contribution is 5.39. The molecule has 3 aromatic rings. The molecule has 2 fully saturated rings. The number of halogens is 3. The van der Waals surface area contributed by atoms with Crippen molar-refractivity contribution in [2.75, 3.05) is 36.0 Å². The van der Waals surface area contributed by atoms with Crippen LogP contribution in [0.2, 0.25) is 0 Å². The van der Waals surface area contributed by atoms with E-state index in [1.165, 1.54) is 0 Å². The number of aryl methyl sites for hydroxylation is 1. The van der Waals surface area contributed by atoms with Crippen LogP contribution >= 0.6 is 0 Å². The van der Waals surface area contributed by atoms with Crippen LogP contribution in [0.4, 0.5) is 25.1 Å². The maximum absolute atomic E-state index is 14.3. The van der Waals surface area contributed by atoms with Crippen molar-refractivity contribution < 1.29 is 22.4 Å². The Morgan fingerprint density at radius 1 is 1.05 bits per heavy atom. The summed E-state index contributed by atoms with van der Waals surface area (Å²) in [5.41, 5.74) is 6.26. The van der Waals surface area contributed by atoms with Gasteiger partial charge in [0.2, 0.25) is 5.95 Å². The molecule has 1 unspecified atom stereocenters. The quantitative estimate of drug-likeness (QED) is 0.472. The van der Waals surface area contributed by atoms with Gasteiger partial charge in [-0.1, -0.05) is 12.1 Å². The lowest BCUT2D eigenvalue weighted by Crippen LogP contribution is -2.38. The highest BCUT2D eigenvalue weighted by atomic mass is 19.2. The van der Waals surface area contributed by atoms with E-state index in [9.17, 15) is 13.2 Å². The third-order valence-corrected chi connectivity index (χ3v) is 7.27. The number of hydrogen-bond donors (Lipinski definition) is 1. The summed E-state index contributed by atoms with van der Waals surface area (Å²) in [6.07, 6.45) is 5.77. The Morgan fingerprint density at radius 2 is 1.76 bits per heavy atom. The molecule has 2 saturated heterocycles. The van der Waals surface area contributed by atoms with Crippen molar-refractivity contribution in [2.24, 2.45) is 11.7 Å². The van der Waals surface area contributed by atoms with E-state index in [2.05, 4.69) is 25.0 Å². The number of nitrogens with zero attached hydrogens (tertiary/aromatic N) is 6. The molecular weight excluding hydrogens is 487 g/mol. The Morgan fingerprint density at radius 3 is 2.43 bits per heavy atom. The Balaban J connectivity index is 1.16. The molecule has 0 saturated carbocycles. The minimum absolute atomic E-state index is 0.0357. The first kappa shape index (κ1) is 25.2. The van der Waals surface area contributed by atoms with Crippen molar-refractivity contribution in [1.82, 2.24) is 20.1 Å². The molecule has 3 atom stereocenters. The topological polar surface area (TPSA) is 106 Å². The first-order chi connectivity index (χ1) is 17.8. The second kappa shape index (κ2) is 10.5. The molecule has 2 N–H and O–H groups in total. The minimum Gasteiger partial charge on any atom is -0.487 e. The summed E-state index contributed by atoms with van der Waals surface area (Å²) in [5.74, 6) is -1.61. The summed E-state index contributed by atoms with van der Waals surface area (Å²) in [6, 6.07) is 1.53. The molecule has 2 aliphatic rings. The maximum atomic E-state index is 14.3. The van der Waals surface area contributed by atoms with Crippen molar-refractivity contribution in [3.05, 3.63) is 53.4 Å². The summed E-state index contributed by atoms with van der Waals surface area (Å²) >= 11 is 0. The fourth-order valence-corrected chi connectivity index (χ4v) is 5.06. The predicted octanol–water partition coefficient (Wildman–Crippen LogP) is 3.45. The number of aromatic nitrogens is 4. The maximum Gasteiger partial charge on any atom is 0.324 e. The average molecular weight is 518 g/mol. The van der Waals surface area contributed by atoms with E-state index in [4.69, 9.17) is 15.0 Å². The third kappa shape index (κ3) is 5.34. The molecule has 5 rings (SSSR count). The van der Waals surface area contributed by atoms with E-state index in [0.29, 0.717) is 42.1 Å². The van der Waals surface area contributed by atoms with Gasteiger partial charge < -0.3 is 24.8 Å². The first-order valence-electron chi connectivity index (χ1n) is 12.5. The molecule has 0 bridgehead atoms. The largest absolute Gasteiger partial charge is 0.487 e. The highest BCUT2D eigenvalue weighted by Gasteiger charge is 2.35. The molecule has 0 amide bonds. The fourth-order valence-electron chi connectivity index (χ4n) is 5.06. The summed E-state index contributed by atoms with van der Waals surface area (Å²) in [7, 11) is 0. The SMILES string of the molecule is CCc1noc(N2CCC([C@H](C)Oc3cnc(N4CC(c5cc(F)c(F)cc5F)[C@@H](N)C4)nc3)CC2)n1. The minimum atomic E-state index is -1.22. The number of piperidine rings is 1. The Labute approximate surface area is 212 Å². The second-order valence-corrected chi connectivity index (χ2v) is 9.68. The molecule has 9 nitrogen and oxygen atoms in total. The van der Waals surface area contributed by atoms with Crippen molar-refractivity contribution >= 4 is 12.0 Å².